The zero-order chi connectivity index (χ0) is 13.2. The maximum atomic E-state index is 12.5. The lowest BCUT2D eigenvalue weighted by Gasteiger charge is -2.28. The molecular weight excluding hydrogens is 245 g/mol. The molecule has 7 heteroatoms. The number of anilines is 1. The summed E-state index contributed by atoms with van der Waals surface area (Å²) in [7, 11) is 0. The van der Waals surface area contributed by atoms with E-state index in [0.29, 0.717) is 6.54 Å². The molecule has 1 aliphatic rings. The highest BCUT2D eigenvalue weighted by Gasteiger charge is 2.35. The lowest BCUT2D eigenvalue weighted by molar-refractivity contribution is -0.141. The van der Waals surface area contributed by atoms with Crippen molar-refractivity contribution in [1.29, 1.82) is 0 Å². The minimum Gasteiger partial charge on any atom is -0.348 e. The third kappa shape index (κ3) is 2.72. The van der Waals surface area contributed by atoms with Gasteiger partial charge in [0.1, 0.15) is 5.69 Å². The second-order valence-electron chi connectivity index (χ2n) is 4.58. The molecule has 0 amide bonds. The second-order valence-corrected chi connectivity index (χ2v) is 4.58. The summed E-state index contributed by atoms with van der Waals surface area (Å²) in [6.45, 7) is 0.368. The average Bonchev–Trinajstić information content (AvgIpc) is 2.77. The maximum Gasteiger partial charge on any atom is 0.433 e. The van der Waals surface area contributed by atoms with Crippen LogP contribution in [0.25, 0.3) is 0 Å². The lowest BCUT2D eigenvalue weighted by Crippen LogP contribution is -2.43. The van der Waals surface area contributed by atoms with Crippen LogP contribution in [0.5, 0.6) is 0 Å². The van der Waals surface area contributed by atoms with Gasteiger partial charge in [0.2, 0.25) is 5.95 Å². The van der Waals surface area contributed by atoms with Gasteiger partial charge < -0.3 is 11.1 Å². The van der Waals surface area contributed by atoms with Crippen molar-refractivity contribution in [3.63, 3.8) is 0 Å². The van der Waals surface area contributed by atoms with E-state index in [1.165, 1.54) is 0 Å². The van der Waals surface area contributed by atoms with Crippen LogP contribution in [0.1, 0.15) is 31.4 Å². The predicted octanol–water partition coefficient (Wildman–Crippen LogP) is 2.18. The summed E-state index contributed by atoms with van der Waals surface area (Å²) in [5.41, 5.74) is 4.40. The van der Waals surface area contributed by atoms with Crippen molar-refractivity contribution in [2.45, 2.75) is 37.4 Å². The zero-order valence-corrected chi connectivity index (χ0v) is 9.80. The number of hydrogen-bond donors (Lipinski definition) is 2. The van der Waals surface area contributed by atoms with Gasteiger partial charge in [-0.15, -0.1) is 0 Å². The van der Waals surface area contributed by atoms with Crippen LogP contribution in [0.2, 0.25) is 0 Å². The Morgan fingerprint density at radius 1 is 1.33 bits per heavy atom. The molecule has 4 nitrogen and oxygen atoms in total. The first-order valence-corrected chi connectivity index (χ1v) is 5.84. The van der Waals surface area contributed by atoms with Crippen LogP contribution < -0.4 is 11.1 Å². The minimum absolute atomic E-state index is 0.00262. The molecule has 3 N–H and O–H groups in total. The fourth-order valence-electron chi connectivity index (χ4n) is 2.25. The summed E-state index contributed by atoms with van der Waals surface area (Å²) in [5, 5.41) is 2.97. The summed E-state index contributed by atoms with van der Waals surface area (Å²) in [6.07, 6.45) is 0.362. The van der Waals surface area contributed by atoms with Gasteiger partial charge in [0.25, 0.3) is 0 Å². The Morgan fingerprint density at radius 3 is 2.56 bits per heavy atom. The third-order valence-electron chi connectivity index (χ3n) is 3.27. The molecule has 1 aliphatic carbocycles. The summed E-state index contributed by atoms with van der Waals surface area (Å²) in [6, 6.07) is 0.856. The van der Waals surface area contributed by atoms with Crippen LogP contribution in [-0.4, -0.2) is 22.1 Å². The molecule has 1 fully saturated rings. The molecule has 0 radical (unpaired) electrons. The molecule has 1 saturated carbocycles. The van der Waals surface area contributed by atoms with Gasteiger partial charge in [-0.2, -0.15) is 13.2 Å². The minimum atomic E-state index is -4.45. The van der Waals surface area contributed by atoms with E-state index < -0.39 is 11.9 Å². The number of nitrogens with zero attached hydrogens (tertiary/aromatic N) is 2. The topological polar surface area (TPSA) is 63.8 Å². The number of hydrogen-bond acceptors (Lipinski definition) is 4. The van der Waals surface area contributed by atoms with Crippen molar-refractivity contribution in [1.82, 2.24) is 9.97 Å². The van der Waals surface area contributed by atoms with Gasteiger partial charge in [0.15, 0.2) is 0 Å². The number of nitrogens with one attached hydrogen (secondary N) is 1. The van der Waals surface area contributed by atoms with E-state index in [4.69, 9.17) is 5.73 Å². The Morgan fingerprint density at radius 2 is 2.00 bits per heavy atom. The maximum absolute atomic E-state index is 12.5. The number of alkyl halides is 3. The van der Waals surface area contributed by atoms with E-state index in [1.807, 2.05) is 0 Å². The lowest BCUT2D eigenvalue weighted by atomic mass is 9.98. The first-order valence-electron chi connectivity index (χ1n) is 5.84. The Kier molecular flexibility index (Phi) is 3.43. The van der Waals surface area contributed by atoms with Crippen molar-refractivity contribution < 1.29 is 13.2 Å². The highest BCUT2D eigenvalue weighted by atomic mass is 19.4. The first kappa shape index (κ1) is 13.1. The number of rotatable bonds is 3. The highest BCUT2D eigenvalue weighted by molar-refractivity contribution is 5.31. The Balaban J connectivity index is 2.19. The van der Waals surface area contributed by atoms with Gasteiger partial charge in [0, 0.05) is 12.7 Å². The van der Waals surface area contributed by atoms with E-state index in [-0.39, 0.29) is 11.5 Å². The molecule has 0 aromatic carbocycles. The molecule has 0 bridgehead atoms. The van der Waals surface area contributed by atoms with Crippen molar-refractivity contribution in [2.75, 3.05) is 11.9 Å². The SMILES string of the molecule is NCC1(Nc2nccc(C(F)(F)F)n2)CCCC1. The van der Waals surface area contributed by atoms with Gasteiger partial charge in [0.05, 0.1) is 5.54 Å². The van der Waals surface area contributed by atoms with Crippen molar-refractivity contribution >= 4 is 5.95 Å². The van der Waals surface area contributed by atoms with E-state index >= 15 is 0 Å². The molecule has 2 rings (SSSR count). The third-order valence-corrected chi connectivity index (χ3v) is 3.27. The van der Waals surface area contributed by atoms with Crippen LogP contribution in [-0.2, 0) is 6.18 Å². The predicted molar refractivity (Wildman–Crippen MR) is 60.9 cm³/mol. The molecule has 0 atom stereocenters. The van der Waals surface area contributed by atoms with Crippen molar-refractivity contribution in [2.24, 2.45) is 5.73 Å². The number of halogens is 3. The van der Waals surface area contributed by atoms with Crippen LogP contribution in [0, 0.1) is 0 Å². The van der Waals surface area contributed by atoms with Crippen molar-refractivity contribution in [3.05, 3.63) is 18.0 Å². The molecule has 1 aromatic heterocycles. The summed E-state index contributed by atoms with van der Waals surface area (Å²) in [4.78, 5) is 7.33. The molecule has 100 valence electrons. The molecule has 1 heterocycles. The monoisotopic (exact) mass is 260 g/mol. The smallest absolute Gasteiger partial charge is 0.348 e. The van der Waals surface area contributed by atoms with E-state index in [0.717, 1.165) is 37.9 Å². The van der Waals surface area contributed by atoms with Crippen LogP contribution in [0.15, 0.2) is 12.3 Å². The van der Waals surface area contributed by atoms with Crippen LogP contribution >= 0.6 is 0 Å². The van der Waals surface area contributed by atoms with E-state index in [2.05, 4.69) is 15.3 Å². The van der Waals surface area contributed by atoms with Crippen LogP contribution in [0.4, 0.5) is 19.1 Å². The second kappa shape index (κ2) is 4.72. The van der Waals surface area contributed by atoms with Gasteiger partial charge in [-0.25, -0.2) is 9.97 Å². The molecule has 0 aliphatic heterocycles. The molecule has 0 spiro atoms. The van der Waals surface area contributed by atoms with E-state index in [1.54, 1.807) is 0 Å². The fourth-order valence-corrected chi connectivity index (χ4v) is 2.25. The largest absolute Gasteiger partial charge is 0.433 e. The van der Waals surface area contributed by atoms with Crippen LogP contribution in [0.3, 0.4) is 0 Å². The van der Waals surface area contributed by atoms with E-state index in [9.17, 15) is 13.2 Å². The number of aromatic nitrogens is 2. The standard InChI is InChI=1S/C11H15F3N4/c12-11(13,14)8-3-6-16-9(17-8)18-10(7-15)4-1-2-5-10/h3,6H,1-2,4-5,7,15H2,(H,16,17,18). The molecule has 18 heavy (non-hydrogen) atoms. The first-order chi connectivity index (χ1) is 8.45. The number of nitrogens with two attached hydrogens (primary N) is 1. The fraction of sp³-hybridized carbons (Fsp3) is 0.636. The Hall–Kier alpha value is -1.37. The van der Waals surface area contributed by atoms with Gasteiger partial charge in [-0.3, -0.25) is 0 Å². The normalized spacial score (nSPS) is 18.9. The van der Waals surface area contributed by atoms with Crippen molar-refractivity contribution in [3.8, 4) is 0 Å². The summed E-state index contributed by atoms with van der Waals surface area (Å²) >= 11 is 0. The molecule has 0 unspecified atom stereocenters. The molecular formula is C11H15F3N4. The Bertz CT molecular complexity index is 413. The van der Waals surface area contributed by atoms with Gasteiger partial charge >= 0.3 is 6.18 Å². The highest BCUT2D eigenvalue weighted by Crippen LogP contribution is 2.32. The van der Waals surface area contributed by atoms with Gasteiger partial charge in [-0.05, 0) is 18.9 Å². The zero-order valence-electron chi connectivity index (χ0n) is 9.80. The average molecular weight is 260 g/mol. The molecule has 0 saturated heterocycles. The summed E-state index contributed by atoms with van der Waals surface area (Å²) < 4.78 is 37.5. The Labute approximate surface area is 103 Å². The quantitative estimate of drug-likeness (QED) is 0.874. The van der Waals surface area contributed by atoms with Gasteiger partial charge in [-0.1, -0.05) is 12.8 Å². The summed E-state index contributed by atoms with van der Waals surface area (Å²) in [5.74, 6) is -0.00262. The molecule has 1 aromatic rings.